The molecular weight excluding hydrogens is 332 g/mol. The van der Waals surface area contributed by atoms with Crippen molar-refractivity contribution in [2.24, 2.45) is 0 Å². The van der Waals surface area contributed by atoms with Crippen LogP contribution in [0, 0.1) is 20.8 Å². The van der Waals surface area contributed by atoms with Crippen molar-refractivity contribution in [1.82, 2.24) is 9.97 Å². The number of Topliss-reactive ketones (excluding diaryl/α,β-unsaturated/α-hetero) is 1. The van der Waals surface area contributed by atoms with Gasteiger partial charge in [0.05, 0.1) is 23.4 Å². The minimum absolute atomic E-state index is 0.128. The van der Waals surface area contributed by atoms with E-state index in [9.17, 15) is 4.79 Å². The van der Waals surface area contributed by atoms with Crippen molar-refractivity contribution in [3.05, 3.63) is 52.6 Å². The number of imidazole rings is 1. The first-order valence-corrected chi connectivity index (χ1v) is 9.09. The number of aryl methyl sites for hydroxylation is 3. The van der Waals surface area contributed by atoms with Gasteiger partial charge in [-0.1, -0.05) is 17.8 Å². The number of nitrogens with one attached hydrogen (secondary N) is 1. The van der Waals surface area contributed by atoms with Crippen LogP contribution in [0.2, 0.25) is 0 Å². The number of methoxy groups -OCH3 is 1. The van der Waals surface area contributed by atoms with Gasteiger partial charge in [0.2, 0.25) is 0 Å². The van der Waals surface area contributed by atoms with Gasteiger partial charge in [-0.25, -0.2) is 4.98 Å². The molecule has 25 heavy (non-hydrogen) atoms. The average molecular weight is 354 g/mol. The highest BCUT2D eigenvalue weighted by molar-refractivity contribution is 8.00. The number of carbonyl (C=O) groups excluding carboxylic acids is 1. The zero-order valence-electron chi connectivity index (χ0n) is 15.1. The molecule has 0 amide bonds. The number of ketones is 1. The van der Waals surface area contributed by atoms with Gasteiger partial charge in [-0.3, -0.25) is 4.79 Å². The SMILES string of the molecule is COc1ccc2nc(SC(C)C(=O)c3cc(C)c(C)cc3C)[nH]c2c1. The molecular formula is C20H22N2O2S. The molecule has 1 aromatic heterocycles. The van der Waals surface area contributed by atoms with Crippen LogP contribution in [-0.2, 0) is 0 Å². The maximum atomic E-state index is 12.9. The van der Waals surface area contributed by atoms with Crippen molar-refractivity contribution in [2.75, 3.05) is 7.11 Å². The van der Waals surface area contributed by atoms with E-state index in [0.717, 1.165) is 38.6 Å². The highest BCUT2D eigenvalue weighted by Crippen LogP contribution is 2.28. The highest BCUT2D eigenvalue weighted by atomic mass is 32.2. The molecule has 130 valence electrons. The van der Waals surface area contributed by atoms with Crippen LogP contribution < -0.4 is 4.74 Å². The van der Waals surface area contributed by atoms with Crippen molar-refractivity contribution in [3.63, 3.8) is 0 Å². The first-order valence-electron chi connectivity index (χ1n) is 8.21. The molecule has 3 rings (SSSR count). The van der Waals surface area contributed by atoms with E-state index in [4.69, 9.17) is 4.74 Å². The maximum Gasteiger partial charge on any atom is 0.176 e. The van der Waals surface area contributed by atoms with E-state index in [2.05, 4.69) is 23.0 Å². The normalized spacial score (nSPS) is 12.4. The Balaban J connectivity index is 1.83. The summed E-state index contributed by atoms with van der Waals surface area (Å²) in [7, 11) is 1.64. The van der Waals surface area contributed by atoms with Crippen LogP contribution in [0.3, 0.4) is 0 Å². The number of hydrogen-bond acceptors (Lipinski definition) is 4. The van der Waals surface area contributed by atoms with Crippen LogP contribution in [-0.4, -0.2) is 28.1 Å². The lowest BCUT2D eigenvalue weighted by atomic mass is 9.97. The van der Waals surface area contributed by atoms with Gasteiger partial charge in [-0.2, -0.15) is 0 Å². The molecule has 5 heteroatoms. The molecule has 3 aromatic rings. The quantitative estimate of drug-likeness (QED) is 0.525. The number of fused-ring (bicyclic) bond motifs is 1. The largest absolute Gasteiger partial charge is 0.497 e. The maximum absolute atomic E-state index is 12.9. The van der Waals surface area contributed by atoms with Gasteiger partial charge in [0.1, 0.15) is 5.75 Å². The first-order chi connectivity index (χ1) is 11.9. The summed E-state index contributed by atoms with van der Waals surface area (Å²) in [5.74, 6) is 0.909. The molecule has 0 saturated carbocycles. The third-order valence-corrected chi connectivity index (χ3v) is 5.42. The van der Waals surface area contributed by atoms with Crippen molar-refractivity contribution in [1.29, 1.82) is 0 Å². The number of aromatic amines is 1. The number of thioether (sulfide) groups is 1. The lowest BCUT2D eigenvalue weighted by Gasteiger charge is -2.13. The fourth-order valence-corrected chi connectivity index (χ4v) is 3.70. The predicted molar refractivity (Wildman–Crippen MR) is 103 cm³/mol. The number of carbonyl (C=O) groups is 1. The van der Waals surface area contributed by atoms with E-state index < -0.39 is 0 Å². The molecule has 2 aromatic carbocycles. The Labute approximate surface area is 152 Å². The molecule has 0 aliphatic rings. The summed E-state index contributed by atoms with van der Waals surface area (Å²) in [5, 5.41) is 0.522. The minimum Gasteiger partial charge on any atom is -0.497 e. The fourth-order valence-electron chi connectivity index (χ4n) is 2.81. The Morgan fingerprint density at radius 1 is 1.12 bits per heavy atom. The summed E-state index contributed by atoms with van der Waals surface area (Å²) < 4.78 is 5.23. The van der Waals surface area contributed by atoms with E-state index in [-0.39, 0.29) is 11.0 Å². The van der Waals surface area contributed by atoms with Crippen molar-refractivity contribution < 1.29 is 9.53 Å². The topological polar surface area (TPSA) is 55.0 Å². The lowest BCUT2D eigenvalue weighted by molar-refractivity contribution is 0.0993. The Morgan fingerprint density at radius 2 is 1.84 bits per heavy atom. The summed E-state index contributed by atoms with van der Waals surface area (Å²) in [4.78, 5) is 20.7. The van der Waals surface area contributed by atoms with E-state index >= 15 is 0 Å². The van der Waals surface area contributed by atoms with Crippen LogP contribution in [0.15, 0.2) is 35.5 Å². The molecule has 1 heterocycles. The third kappa shape index (κ3) is 3.56. The molecule has 1 unspecified atom stereocenters. The molecule has 0 aliphatic heterocycles. The summed E-state index contributed by atoms with van der Waals surface area (Å²) >= 11 is 1.45. The van der Waals surface area contributed by atoms with Gasteiger partial charge in [0.15, 0.2) is 10.9 Å². The molecule has 4 nitrogen and oxygen atoms in total. The third-order valence-electron chi connectivity index (χ3n) is 4.43. The number of rotatable bonds is 5. The molecule has 0 radical (unpaired) electrons. The van der Waals surface area contributed by atoms with Crippen LogP contribution >= 0.6 is 11.8 Å². The summed E-state index contributed by atoms with van der Waals surface area (Å²) in [6.07, 6.45) is 0. The van der Waals surface area contributed by atoms with Gasteiger partial charge in [-0.05, 0) is 62.6 Å². The number of ether oxygens (including phenoxy) is 1. The van der Waals surface area contributed by atoms with Gasteiger partial charge < -0.3 is 9.72 Å². The highest BCUT2D eigenvalue weighted by Gasteiger charge is 2.20. The molecule has 1 atom stereocenters. The second kappa shape index (κ2) is 6.92. The Bertz CT molecular complexity index is 946. The molecule has 0 spiro atoms. The average Bonchev–Trinajstić information content (AvgIpc) is 2.98. The second-order valence-electron chi connectivity index (χ2n) is 6.30. The Hall–Kier alpha value is -2.27. The first kappa shape index (κ1) is 17.5. The smallest absolute Gasteiger partial charge is 0.176 e. The molecule has 0 saturated heterocycles. The summed E-state index contributed by atoms with van der Waals surface area (Å²) in [5.41, 5.74) is 5.94. The van der Waals surface area contributed by atoms with E-state index in [1.165, 1.54) is 17.3 Å². The van der Waals surface area contributed by atoms with Crippen LogP contribution in [0.1, 0.15) is 34.0 Å². The van der Waals surface area contributed by atoms with Crippen molar-refractivity contribution >= 4 is 28.6 Å². The molecule has 0 bridgehead atoms. The second-order valence-corrected chi connectivity index (χ2v) is 7.63. The minimum atomic E-state index is -0.219. The number of hydrogen-bond donors (Lipinski definition) is 1. The number of benzene rings is 2. The predicted octanol–water partition coefficient (Wildman–Crippen LogP) is 4.86. The zero-order valence-corrected chi connectivity index (χ0v) is 16.0. The van der Waals surface area contributed by atoms with E-state index in [0.29, 0.717) is 0 Å². The van der Waals surface area contributed by atoms with E-state index in [1.54, 1.807) is 7.11 Å². The summed E-state index contributed by atoms with van der Waals surface area (Å²) in [6, 6.07) is 9.77. The molecule has 0 fully saturated rings. The van der Waals surface area contributed by atoms with Gasteiger partial charge in [-0.15, -0.1) is 0 Å². The van der Waals surface area contributed by atoms with Crippen LogP contribution in [0.25, 0.3) is 11.0 Å². The number of nitrogens with zero attached hydrogens (tertiary/aromatic N) is 1. The van der Waals surface area contributed by atoms with Crippen LogP contribution in [0.4, 0.5) is 0 Å². The lowest BCUT2D eigenvalue weighted by Crippen LogP contribution is -2.15. The number of aromatic nitrogens is 2. The van der Waals surface area contributed by atoms with Gasteiger partial charge in [0, 0.05) is 11.6 Å². The zero-order chi connectivity index (χ0) is 18.1. The van der Waals surface area contributed by atoms with Crippen molar-refractivity contribution in [3.8, 4) is 5.75 Å². The van der Waals surface area contributed by atoms with Gasteiger partial charge in [0.25, 0.3) is 0 Å². The van der Waals surface area contributed by atoms with Crippen molar-refractivity contribution in [2.45, 2.75) is 38.1 Å². The van der Waals surface area contributed by atoms with E-state index in [1.807, 2.05) is 45.0 Å². The monoisotopic (exact) mass is 354 g/mol. The van der Waals surface area contributed by atoms with Gasteiger partial charge >= 0.3 is 0 Å². The fraction of sp³-hybridized carbons (Fsp3) is 0.300. The molecule has 0 aliphatic carbocycles. The standard InChI is InChI=1S/C20H22N2O2S/c1-11-8-13(3)16(9-12(11)2)19(23)14(4)25-20-21-17-7-6-15(24-5)10-18(17)22-20/h6-10,14H,1-5H3,(H,21,22). The number of H-pyrrole nitrogens is 1. The Kier molecular flexibility index (Phi) is 4.86. The molecule has 1 N–H and O–H groups in total. The Morgan fingerprint density at radius 3 is 2.56 bits per heavy atom. The van der Waals surface area contributed by atoms with Crippen LogP contribution in [0.5, 0.6) is 5.75 Å². The summed E-state index contributed by atoms with van der Waals surface area (Å²) in [6.45, 7) is 8.02.